The zero-order valence-corrected chi connectivity index (χ0v) is 19.8. The Morgan fingerprint density at radius 3 is 2.53 bits per heavy atom. The lowest BCUT2D eigenvalue weighted by Crippen LogP contribution is -2.38. The molecule has 4 rings (SSSR count). The van der Waals surface area contributed by atoms with Crippen LogP contribution in [0.4, 0.5) is 21.9 Å². The molecule has 7 nitrogen and oxygen atoms in total. The van der Waals surface area contributed by atoms with Gasteiger partial charge in [0.2, 0.25) is 0 Å². The van der Waals surface area contributed by atoms with Crippen LogP contribution in [0.3, 0.4) is 0 Å². The standard InChI is InChI=1S/C27H33N5O2/c1-20(2)21-11-12-24(30-26(33)22-8-6-13-28-19-22)25(18-21)31-14-7-15-32(17-16-31)27(34)29-23-9-4-3-5-10-23/h3-6,8-13,18-20,26,30,33H,7,14-17H2,1-2H3,(H,29,34). The summed E-state index contributed by atoms with van der Waals surface area (Å²) in [6, 6.07) is 19.5. The van der Waals surface area contributed by atoms with Crippen molar-refractivity contribution in [1.29, 1.82) is 0 Å². The Labute approximate surface area is 201 Å². The largest absolute Gasteiger partial charge is 0.369 e. The molecule has 1 aliphatic heterocycles. The van der Waals surface area contributed by atoms with Gasteiger partial charge in [-0.1, -0.05) is 44.2 Å². The lowest BCUT2D eigenvalue weighted by Gasteiger charge is -2.28. The number of anilines is 3. The van der Waals surface area contributed by atoms with Crippen LogP contribution in [-0.2, 0) is 0 Å². The number of carbonyl (C=O) groups excluding carboxylic acids is 1. The van der Waals surface area contributed by atoms with Crippen molar-refractivity contribution in [1.82, 2.24) is 9.88 Å². The molecule has 0 aliphatic carbocycles. The second-order valence-corrected chi connectivity index (χ2v) is 8.89. The first-order chi connectivity index (χ1) is 16.5. The van der Waals surface area contributed by atoms with Crippen molar-refractivity contribution in [2.24, 2.45) is 0 Å². The van der Waals surface area contributed by atoms with Gasteiger partial charge in [0.05, 0.1) is 11.4 Å². The molecule has 3 aromatic rings. The number of aliphatic hydroxyl groups excluding tert-OH is 1. The average Bonchev–Trinajstić information content (AvgIpc) is 3.12. The molecule has 0 saturated carbocycles. The summed E-state index contributed by atoms with van der Waals surface area (Å²) in [6.07, 6.45) is 3.35. The van der Waals surface area contributed by atoms with E-state index in [1.54, 1.807) is 12.4 Å². The Kier molecular flexibility index (Phi) is 7.65. The number of nitrogens with one attached hydrogen (secondary N) is 2. The summed E-state index contributed by atoms with van der Waals surface area (Å²) in [5, 5.41) is 17.0. The molecule has 3 N–H and O–H groups in total. The van der Waals surface area contributed by atoms with Gasteiger partial charge < -0.3 is 25.5 Å². The van der Waals surface area contributed by atoms with Crippen molar-refractivity contribution in [3.8, 4) is 0 Å². The van der Waals surface area contributed by atoms with Crippen LogP contribution in [0.5, 0.6) is 0 Å². The van der Waals surface area contributed by atoms with Crippen LogP contribution in [0.2, 0.25) is 0 Å². The van der Waals surface area contributed by atoms with E-state index in [4.69, 9.17) is 0 Å². The third-order valence-corrected chi connectivity index (χ3v) is 6.13. The summed E-state index contributed by atoms with van der Waals surface area (Å²) in [6.45, 7) is 7.20. The van der Waals surface area contributed by atoms with Gasteiger partial charge in [-0.15, -0.1) is 0 Å². The summed E-state index contributed by atoms with van der Waals surface area (Å²) < 4.78 is 0. The van der Waals surface area contributed by atoms with E-state index in [-0.39, 0.29) is 6.03 Å². The van der Waals surface area contributed by atoms with Crippen molar-refractivity contribution in [2.75, 3.05) is 41.7 Å². The van der Waals surface area contributed by atoms with E-state index in [9.17, 15) is 9.90 Å². The molecular weight excluding hydrogens is 426 g/mol. The molecule has 2 heterocycles. The quantitative estimate of drug-likeness (QED) is 0.450. The zero-order chi connectivity index (χ0) is 23.9. The highest BCUT2D eigenvalue weighted by Crippen LogP contribution is 2.33. The van der Waals surface area contributed by atoms with E-state index in [2.05, 4.69) is 46.5 Å². The molecule has 1 aromatic heterocycles. The Hall–Kier alpha value is -3.58. The monoisotopic (exact) mass is 459 g/mol. The van der Waals surface area contributed by atoms with Crippen LogP contribution >= 0.6 is 0 Å². The Balaban J connectivity index is 1.50. The van der Waals surface area contributed by atoms with Crippen molar-refractivity contribution in [2.45, 2.75) is 32.4 Å². The minimum atomic E-state index is -0.863. The number of amides is 2. The Morgan fingerprint density at radius 1 is 0.971 bits per heavy atom. The van der Waals surface area contributed by atoms with Crippen LogP contribution < -0.4 is 15.5 Å². The maximum atomic E-state index is 12.8. The number of aromatic nitrogens is 1. The lowest BCUT2D eigenvalue weighted by molar-refractivity contribution is 0.208. The average molecular weight is 460 g/mol. The van der Waals surface area contributed by atoms with Gasteiger partial charge in [0.1, 0.15) is 0 Å². The topological polar surface area (TPSA) is 80.7 Å². The molecule has 34 heavy (non-hydrogen) atoms. The highest BCUT2D eigenvalue weighted by atomic mass is 16.3. The van der Waals surface area contributed by atoms with Gasteiger partial charge in [0, 0.05) is 49.8 Å². The van der Waals surface area contributed by atoms with Crippen LogP contribution in [0.15, 0.2) is 73.1 Å². The highest BCUT2D eigenvalue weighted by molar-refractivity contribution is 5.89. The van der Waals surface area contributed by atoms with E-state index < -0.39 is 6.23 Å². The second kappa shape index (κ2) is 11.0. The van der Waals surface area contributed by atoms with E-state index >= 15 is 0 Å². The van der Waals surface area contributed by atoms with E-state index in [1.165, 1.54) is 5.56 Å². The number of nitrogens with zero attached hydrogens (tertiary/aromatic N) is 3. The fraction of sp³-hybridized carbons (Fsp3) is 0.333. The molecule has 7 heteroatoms. The summed E-state index contributed by atoms with van der Waals surface area (Å²) >= 11 is 0. The van der Waals surface area contributed by atoms with Gasteiger partial charge in [0.15, 0.2) is 6.23 Å². The van der Waals surface area contributed by atoms with Gasteiger partial charge in [0.25, 0.3) is 0 Å². The summed E-state index contributed by atoms with van der Waals surface area (Å²) in [5.41, 5.74) is 4.65. The summed E-state index contributed by atoms with van der Waals surface area (Å²) in [5.74, 6) is 0.385. The molecule has 0 radical (unpaired) electrons. The molecule has 1 fully saturated rings. The SMILES string of the molecule is CC(C)c1ccc(NC(O)c2cccnc2)c(N2CCCN(C(=O)Nc3ccccc3)CC2)c1. The van der Waals surface area contributed by atoms with Gasteiger partial charge in [-0.3, -0.25) is 4.98 Å². The number of benzene rings is 2. The molecule has 2 amide bonds. The fourth-order valence-electron chi connectivity index (χ4n) is 4.15. The molecule has 1 unspecified atom stereocenters. The number of hydrogen-bond donors (Lipinski definition) is 3. The lowest BCUT2D eigenvalue weighted by atomic mass is 10.0. The van der Waals surface area contributed by atoms with Gasteiger partial charge in [-0.2, -0.15) is 0 Å². The first-order valence-electron chi connectivity index (χ1n) is 11.9. The number of aliphatic hydroxyl groups is 1. The minimum Gasteiger partial charge on any atom is -0.369 e. The molecule has 1 aliphatic rings. The molecule has 0 spiro atoms. The summed E-state index contributed by atoms with van der Waals surface area (Å²) in [7, 11) is 0. The number of pyridine rings is 1. The second-order valence-electron chi connectivity index (χ2n) is 8.89. The van der Waals surface area contributed by atoms with Crippen LogP contribution in [0, 0.1) is 0 Å². The van der Waals surface area contributed by atoms with E-state index in [0.717, 1.165) is 30.0 Å². The number of urea groups is 1. The van der Waals surface area contributed by atoms with Crippen molar-refractivity contribution in [3.63, 3.8) is 0 Å². The van der Waals surface area contributed by atoms with E-state index in [1.807, 2.05) is 53.4 Å². The molecule has 178 valence electrons. The first kappa shape index (κ1) is 23.6. The molecule has 1 atom stereocenters. The van der Waals surface area contributed by atoms with E-state index in [0.29, 0.717) is 31.1 Å². The van der Waals surface area contributed by atoms with Gasteiger partial charge >= 0.3 is 6.03 Å². The predicted molar refractivity (Wildman–Crippen MR) is 137 cm³/mol. The van der Waals surface area contributed by atoms with Crippen LogP contribution in [0.1, 0.15) is 43.5 Å². The molecular formula is C27H33N5O2. The number of rotatable bonds is 6. The first-order valence-corrected chi connectivity index (χ1v) is 11.9. The maximum Gasteiger partial charge on any atom is 0.321 e. The molecule has 1 saturated heterocycles. The van der Waals surface area contributed by atoms with Crippen molar-refractivity contribution < 1.29 is 9.90 Å². The van der Waals surface area contributed by atoms with Crippen molar-refractivity contribution >= 4 is 23.1 Å². The number of para-hydroxylation sites is 1. The van der Waals surface area contributed by atoms with Gasteiger partial charge in [-0.25, -0.2) is 4.79 Å². The molecule has 2 aromatic carbocycles. The number of hydrogen-bond acceptors (Lipinski definition) is 5. The third kappa shape index (κ3) is 5.85. The highest BCUT2D eigenvalue weighted by Gasteiger charge is 2.22. The third-order valence-electron chi connectivity index (χ3n) is 6.13. The number of carbonyl (C=O) groups is 1. The minimum absolute atomic E-state index is 0.0747. The van der Waals surface area contributed by atoms with Crippen LogP contribution in [-0.4, -0.2) is 47.2 Å². The Bertz CT molecular complexity index is 1070. The van der Waals surface area contributed by atoms with Gasteiger partial charge in [-0.05, 0) is 48.2 Å². The van der Waals surface area contributed by atoms with Crippen LogP contribution in [0.25, 0.3) is 0 Å². The fourth-order valence-corrected chi connectivity index (χ4v) is 4.15. The normalized spacial score (nSPS) is 15.1. The maximum absolute atomic E-state index is 12.8. The Morgan fingerprint density at radius 2 is 1.79 bits per heavy atom. The predicted octanol–water partition coefficient (Wildman–Crippen LogP) is 5.05. The summed E-state index contributed by atoms with van der Waals surface area (Å²) in [4.78, 5) is 21.1. The van der Waals surface area contributed by atoms with Crippen molar-refractivity contribution in [3.05, 3.63) is 84.2 Å². The molecule has 0 bridgehead atoms. The zero-order valence-electron chi connectivity index (χ0n) is 19.8. The smallest absolute Gasteiger partial charge is 0.321 e.